The van der Waals surface area contributed by atoms with E-state index in [0.717, 1.165) is 24.2 Å². The van der Waals surface area contributed by atoms with Crippen LogP contribution in [-0.4, -0.2) is 40.5 Å². The second kappa shape index (κ2) is 11.8. The quantitative estimate of drug-likeness (QED) is 0.214. The van der Waals surface area contributed by atoms with Crippen LogP contribution in [0.1, 0.15) is 48.5 Å². The summed E-state index contributed by atoms with van der Waals surface area (Å²) < 4.78 is 5.72. The Hall–Kier alpha value is -2.97. The second-order valence-corrected chi connectivity index (χ2v) is 9.27. The molecule has 0 unspecified atom stereocenters. The molecule has 0 radical (unpaired) electrons. The van der Waals surface area contributed by atoms with Gasteiger partial charge in [-0.2, -0.15) is 0 Å². The normalized spacial score (nSPS) is 14.6. The highest BCUT2D eigenvalue weighted by molar-refractivity contribution is 8.26. The van der Waals surface area contributed by atoms with E-state index in [9.17, 15) is 14.4 Å². The molecular weight excluding hydrogens is 456 g/mol. The maximum absolute atomic E-state index is 12.7. The molecule has 0 spiro atoms. The first-order chi connectivity index (χ1) is 15.9. The number of carbonyl (C=O) groups is 3. The number of Topliss-reactive ketones (excluding diaryl/α,β-unsaturated/α-hetero) is 1. The van der Waals surface area contributed by atoms with Crippen LogP contribution < -0.4 is 10.1 Å². The first-order valence-corrected chi connectivity index (χ1v) is 11.9. The fourth-order valence-electron chi connectivity index (χ4n) is 3.29. The van der Waals surface area contributed by atoms with Crippen LogP contribution in [0.25, 0.3) is 6.08 Å². The fourth-order valence-corrected chi connectivity index (χ4v) is 4.60. The number of hydrogen-bond acceptors (Lipinski definition) is 6. The van der Waals surface area contributed by atoms with E-state index in [2.05, 4.69) is 5.32 Å². The zero-order chi connectivity index (χ0) is 23.8. The number of ether oxygens (including phenoxy) is 1. The standard InChI is InChI=1S/C25H26N2O4S2/c1-17(28)19-9-11-20(12-10-19)26-23(29)6-4-3-5-15-27-24(30)22(33-25(27)32)16-18-7-13-21(31-2)14-8-18/h7-14,16H,3-6,15H2,1-2H3,(H,26,29)/b22-16-. The van der Waals surface area contributed by atoms with Gasteiger partial charge in [-0.15, -0.1) is 0 Å². The van der Waals surface area contributed by atoms with Crippen LogP contribution in [0.2, 0.25) is 0 Å². The Morgan fingerprint density at radius 3 is 2.39 bits per heavy atom. The van der Waals surface area contributed by atoms with Gasteiger partial charge in [0.05, 0.1) is 12.0 Å². The molecule has 0 atom stereocenters. The lowest BCUT2D eigenvalue weighted by Gasteiger charge is -2.14. The number of thiocarbonyl (C=S) groups is 1. The van der Waals surface area contributed by atoms with Crippen LogP contribution in [0.4, 0.5) is 5.69 Å². The Balaban J connectivity index is 1.40. The lowest BCUT2D eigenvalue weighted by Crippen LogP contribution is -2.29. The van der Waals surface area contributed by atoms with Gasteiger partial charge in [0.25, 0.3) is 5.91 Å². The number of rotatable bonds is 10. The van der Waals surface area contributed by atoms with Crippen LogP contribution in [0.5, 0.6) is 5.75 Å². The molecule has 2 aromatic rings. The van der Waals surface area contributed by atoms with Gasteiger partial charge in [0.2, 0.25) is 5.91 Å². The molecule has 0 aliphatic carbocycles. The predicted octanol–water partition coefficient (Wildman–Crippen LogP) is 5.30. The number of hydrogen-bond donors (Lipinski definition) is 1. The number of ketones is 1. The Morgan fingerprint density at radius 1 is 1.06 bits per heavy atom. The molecule has 0 aromatic heterocycles. The lowest BCUT2D eigenvalue weighted by atomic mass is 10.1. The molecule has 3 rings (SSSR count). The minimum atomic E-state index is -0.0763. The number of amides is 2. The molecule has 33 heavy (non-hydrogen) atoms. The number of unbranched alkanes of at least 4 members (excludes halogenated alkanes) is 2. The van der Waals surface area contributed by atoms with Crippen molar-refractivity contribution in [3.05, 3.63) is 64.6 Å². The van der Waals surface area contributed by atoms with Crippen molar-refractivity contribution in [1.29, 1.82) is 0 Å². The summed E-state index contributed by atoms with van der Waals surface area (Å²) in [5.41, 5.74) is 2.20. The van der Waals surface area contributed by atoms with E-state index in [-0.39, 0.29) is 17.6 Å². The Morgan fingerprint density at radius 2 is 1.76 bits per heavy atom. The van der Waals surface area contributed by atoms with Gasteiger partial charge in [-0.1, -0.05) is 42.5 Å². The summed E-state index contributed by atoms with van der Waals surface area (Å²) >= 11 is 6.70. The molecule has 8 heteroatoms. The van der Waals surface area contributed by atoms with Crippen LogP contribution in [0, 0.1) is 0 Å². The summed E-state index contributed by atoms with van der Waals surface area (Å²) in [6.45, 7) is 2.05. The lowest BCUT2D eigenvalue weighted by molar-refractivity contribution is -0.122. The third-order valence-electron chi connectivity index (χ3n) is 5.15. The van der Waals surface area contributed by atoms with Gasteiger partial charge in [0.15, 0.2) is 5.78 Å². The predicted molar refractivity (Wildman–Crippen MR) is 136 cm³/mol. The van der Waals surface area contributed by atoms with E-state index in [1.807, 2.05) is 30.3 Å². The van der Waals surface area contributed by atoms with E-state index in [0.29, 0.717) is 39.9 Å². The average molecular weight is 483 g/mol. The summed E-state index contributed by atoms with van der Waals surface area (Å²) in [5, 5.41) is 2.84. The first kappa shape index (κ1) is 24.7. The van der Waals surface area contributed by atoms with Crippen LogP contribution in [0.3, 0.4) is 0 Å². The molecular formula is C25H26N2O4S2. The van der Waals surface area contributed by atoms with Crippen molar-refractivity contribution < 1.29 is 19.1 Å². The largest absolute Gasteiger partial charge is 0.497 e. The van der Waals surface area contributed by atoms with Gasteiger partial charge in [-0.25, -0.2) is 0 Å². The number of carbonyl (C=O) groups excluding carboxylic acids is 3. The van der Waals surface area contributed by atoms with Crippen molar-refractivity contribution in [2.75, 3.05) is 19.0 Å². The zero-order valence-electron chi connectivity index (χ0n) is 18.6. The van der Waals surface area contributed by atoms with Gasteiger partial charge in [0, 0.05) is 24.2 Å². The van der Waals surface area contributed by atoms with E-state index < -0.39 is 0 Å². The highest BCUT2D eigenvalue weighted by Gasteiger charge is 2.31. The molecule has 2 aromatic carbocycles. The Kier molecular flexibility index (Phi) is 8.79. The first-order valence-electron chi connectivity index (χ1n) is 10.7. The molecule has 172 valence electrons. The van der Waals surface area contributed by atoms with Gasteiger partial charge in [-0.3, -0.25) is 19.3 Å². The SMILES string of the molecule is COc1ccc(/C=C2\SC(=S)N(CCCCCC(=O)Nc3ccc(C(C)=O)cc3)C2=O)cc1. The number of thioether (sulfide) groups is 1. The molecule has 1 aliphatic heterocycles. The average Bonchev–Trinajstić information content (AvgIpc) is 3.07. The van der Waals surface area contributed by atoms with E-state index >= 15 is 0 Å². The molecule has 1 aliphatic rings. The van der Waals surface area contributed by atoms with Crippen molar-refractivity contribution in [3.8, 4) is 5.75 Å². The second-order valence-electron chi connectivity index (χ2n) is 7.60. The van der Waals surface area contributed by atoms with Crippen molar-refractivity contribution in [1.82, 2.24) is 4.90 Å². The fraction of sp³-hybridized carbons (Fsp3) is 0.280. The maximum atomic E-state index is 12.7. The zero-order valence-corrected chi connectivity index (χ0v) is 20.3. The minimum absolute atomic E-state index is 0.00872. The van der Waals surface area contributed by atoms with Gasteiger partial charge < -0.3 is 10.1 Å². The monoisotopic (exact) mass is 482 g/mol. The summed E-state index contributed by atoms with van der Waals surface area (Å²) in [6.07, 6.45) is 4.53. The van der Waals surface area contributed by atoms with Crippen molar-refractivity contribution in [2.24, 2.45) is 0 Å². The van der Waals surface area contributed by atoms with E-state index in [1.165, 1.54) is 18.7 Å². The Labute approximate surface area is 203 Å². The summed E-state index contributed by atoms with van der Waals surface area (Å²) in [6, 6.07) is 14.3. The van der Waals surface area contributed by atoms with Crippen molar-refractivity contribution >= 4 is 57.7 Å². The molecule has 1 saturated heterocycles. The van der Waals surface area contributed by atoms with Crippen molar-refractivity contribution in [3.63, 3.8) is 0 Å². The van der Waals surface area contributed by atoms with Gasteiger partial charge in [0.1, 0.15) is 10.1 Å². The molecule has 1 fully saturated rings. The van der Waals surface area contributed by atoms with E-state index in [4.69, 9.17) is 17.0 Å². The number of methoxy groups -OCH3 is 1. The molecule has 2 amide bonds. The van der Waals surface area contributed by atoms with Crippen LogP contribution >= 0.6 is 24.0 Å². The summed E-state index contributed by atoms with van der Waals surface area (Å²) in [5.74, 6) is 0.607. The Bertz CT molecular complexity index is 1060. The molecule has 1 heterocycles. The summed E-state index contributed by atoms with van der Waals surface area (Å²) in [4.78, 5) is 38.4. The highest BCUT2D eigenvalue weighted by atomic mass is 32.2. The molecule has 0 bridgehead atoms. The smallest absolute Gasteiger partial charge is 0.266 e. The summed E-state index contributed by atoms with van der Waals surface area (Å²) in [7, 11) is 1.61. The molecule has 6 nitrogen and oxygen atoms in total. The number of nitrogens with zero attached hydrogens (tertiary/aromatic N) is 1. The van der Waals surface area contributed by atoms with Gasteiger partial charge in [-0.05, 0) is 67.8 Å². The number of nitrogens with one attached hydrogen (secondary N) is 1. The van der Waals surface area contributed by atoms with Crippen LogP contribution in [-0.2, 0) is 9.59 Å². The van der Waals surface area contributed by atoms with Gasteiger partial charge >= 0.3 is 0 Å². The van der Waals surface area contributed by atoms with Crippen LogP contribution in [0.15, 0.2) is 53.4 Å². The number of benzene rings is 2. The third-order valence-corrected chi connectivity index (χ3v) is 6.53. The maximum Gasteiger partial charge on any atom is 0.266 e. The topological polar surface area (TPSA) is 75.7 Å². The highest BCUT2D eigenvalue weighted by Crippen LogP contribution is 2.33. The molecule has 1 N–H and O–H groups in total. The van der Waals surface area contributed by atoms with Crippen molar-refractivity contribution in [2.45, 2.75) is 32.6 Å². The molecule has 0 saturated carbocycles. The number of anilines is 1. The third kappa shape index (κ3) is 7.00. The minimum Gasteiger partial charge on any atom is -0.497 e. The van der Waals surface area contributed by atoms with E-state index in [1.54, 1.807) is 36.3 Å².